The van der Waals surface area contributed by atoms with Crippen molar-refractivity contribution < 1.29 is 0 Å². The fourth-order valence-corrected chi connectivity index (χ4v) is 3.96. The lowest BCUT2D eigenvalue weighted by atomic mass is 10.1. The van der Waals surface area contributed by atoms with Gasteiger partial charge in [0.25, 0.3) is 0 Å². The van der Waals surface area contributed by atoms with Gasteiger partial charge in [-0.1, -0.05) is 18.2 Å². The number of benzene rings is 2. The van der Waals surface area contributed by atoms with E-state index in [4.69, 9.17) is 4.98 Å². The molecular formula is C21H19BrN4S. The summed E-state index contributed by atoms with van der Waals surface area (Å²) in [5, 5.41) is 6.45. The minimum absolute atomic E-state index is 0.823. The third kappa shape index (κ3) is 3.82. The summed E-state index contributed by atoms with van der Waals surface area (Å²) in [6, 6.07) is 12.7. The number of rotatable bonds is 4. The van der Waals surface area contributed by atoms with Gasteiger partial charge in [-0.3, -0.25) is 0 Å². The number of nitrogens with one attached hydrogen (secondary N) is 1. The molecule has 136 valence electrons. The maximum Gasteiger partial charge on any atom is 0.187 e. The lowest BCUT2D eigenvalue weighted by Crippen LogP contribution is -1.95. The molecule has 6 heteroatoms. The number of aryl methyl sites for hydroxylation is 3. The molecule has 0 atom stereocenters. The Morgan fingerprint density at radius 1 is 1.00 bits per heavy atom. The molecule has 4 rings (SSSR count). The van der Waals surface area contributed by atoms with Crippen LogP contribution in [-0.2, 0) is 0 Å². The Balaban J connectivity index is 1.55. The van der Waals surface area contributed by atoms with Crippen molar-refractivity contribution in [1.82, 2.24) is 14.5 Å². The van der Waals surface area contributed by atoms with Crippen molar-refractivity contribution >= 4 is 38.1 Å². The topological polar surface area (TPSA) is 42.7 Å². The van der Waals surface area contributed by atoms with Gasteiger partial charge < -0.3 is 9.88 Å². The van der Waals surface area contributed by atoms with Gasteiger partial charge in [0.05, 0.1) is 5.69 Å². The average molecular weight is 439 g/mol. The quantitative estimate of drug-likeness (QED) is 0.399. The molecular weight excluding hydrogens is 420 g/mol. The van der Waals surface area contributed by atoms with Gasteiger partial charge in [-0.25, -0.2) is 9.97 Å². The number of aromatic nitrogens is 3. The maximum atomic E-state index is 4.76. The Hall–Kier alpha value is -2.44. The lowest BCUT2D eigenvalue weighted by Gasteiger charge is -2.10. The van der Waals surface area contributed by atoms with E-state index in [1.54, 1.807) is 17.7 Å². The molecule has 0 fully saturated rings. The van der Waals surface area contributed by atoms with E-state index in [1.807, 2.05) is 10.8 Å². The van der Waals surface area contributed by atoms with Crippen LogP contribution in [-0.4, -0.2) is 14.5 Å². The number of thiazole rings is 1. The van der Waals surface area contributed by atoms with Crippen LogP contribution in [0.25, 0.3) is 16.9 Å². The van der Waals surface area contributed by atoms with Gasteiger partial charge in [-0.15, -0.1) is 11.3 Å². The van der Waals surface area contributed by atoms with Crippen LogP contribution in [0.3, 0.4) is 0 Å². The second-order valence-electron chi connectivity index (χ2n) is 6.56. The number of hydrogen-bond acceptors (Lipinski definition) is 4. The molecule has 0 unspecified atom stereocenters. The van der Waals surface area contributed by atoms with Crippen molar-refractivity contribution in [3.05, 3.63) is 75.6 Å². The molecule has 0 aliphatic heterocycles. The summed E-state index contributed by atoms with van der Waals surface area (Å²) in [5.41, 5.74) is 8.06. The molecule has 0 saturated carbocycles. The minimum Gasteiger partial charge on any atom is -0.331 e. The zero-order valence-electron chi connectivity index (χ0n) is 15.3. The molecule has 0 bridgehead atoms. The van der Waals surface area contributed by atoms with Gasteiger partial charge >= 0.3 is 0 Å². The summed E-state index contributed by atoms with van der Waals surface area (Å²) >= 11 is 4.99. The second kappa shape index (κ2) is 7.29. The van der Waals surface area contributed by atoms with Gasteiger partial charge in [0.1, 0.15) is 10.9 Å². The lowest BCUT2D eigenvalue weighted by molar-refractivity contribution is 1.06. The largest absolute Gasteiger partial charge is 0.331 e. The molecule has 0 spiro atoms. The molecule has 27 heavy (non-hydrogen) atoms. The third-order valence-electron chi connectivity index (χ3n) is 4.60. The van der Waals surface area contributed by atoms with E-state index in [2.05, 4.69) is 88.8 Å². The zero-order chi connectivity index (χ0) is 19.0. The molecule has 0 aliphatic carbocycles. The zero-order valence-corrected chi connectivity index (χ0v) is 17.7. The molecule has 2 aromatic heterocycles. The van der Waals surface area contributed by atoms with E-state index in [1.165, 1.54) is 16.7 Å². The van der Waals surface area contributed by atoms with Crippen LogP contribution in [0.15, 0.2) is 58.9 Å². The van der Waals surface area contributed by atoms with Gasteiger partial charge in [-0.05, 0) is 71.6 Å². The smallest absolute Gasteiger partial charge is 0.187 e. The summed E-state index contributed by atoms with van der Waals surface area (Å²) < 4.78 is 2.80. The standard InChI is InChI=1S/C21H19BrN4S/c1-13-8-15(3)18(9-14(13)2)24-21-25-19(11-27-21)16-4-6-17(7-5-16)26-10-20(22)23-12-26/h4-12H,1-3H3,(H,24,25). The molecule has 2 heterocycles. The number of imidazole rings is 1. The molecule has 0 radical (unpaired) electrons. The van der Waals surface area contributed by atoms with E-state index < -0.39 is 0 Å². The number of halogens is 1. The summed E-state index contributed by atoms with van der Waals surface area (Å²) in [7, 11) is 0. The van der Waals surface area contributed by atoms with Gasteiger partial charge in [0.15, 0.2) is 5.13 Å². The van der Waals surface area contributed by atoms with Gasteiger partial charge in [0.2, 0.25) is 0 Å². The molecule has 2 aromatic carbocycles. The highest BCUT2D eigenvalue weighted by Crippen LogP contribution is 2.30. The van der Waals surface area contributed by atoms with Crippen molar-refractivity contribution in [1.29, 1.82) is 0 Å². The van der Waals surface area contributed by atoms with Crippen LogP contribution in [0.4, 0.5) is 10.8 Å². The fourth-order valence-electron chi connectivity index (χ4n) is 2.92. The number of nitrogens with zero attached hydrogens (tertiary/aromatic N) is 3. The Kier molecular flexibility index (Phi) is 4.85. The van der Waals surface area contributed by atoms with Crippen LogP contribution < -0.4 is 5.32 Å². The normalized spacial score (nSPS) is 11.0. The van der Waals surface area contributed by atoms with E-state index >= 15 is 0 Å². The molecule has 1 N–H and O–H groups in total. The van der Waals surface area contributed by atoms with Crippen LogP contribution >= 0.6 is 27.3 Å². The monoisotopic (exact) mass is 438 g/mol. The van der Waals surface area contributed by atoms with E-state index in [-0.39, 0.29) is 0 Å². The molecule has 0 aliphatic rings. The van der Waals surface area contributed by atoms with Crippen LogP contribution in [0.1, 0.15) is 16.7 Å². The number of hydrogen-bond donors (Lipinski definition) is 1. The van der Waals surface area contributed by atoms with Gasteiger partial charge in [0, 0.05) is 28.5 Å². The highest BCUT2D eigenvalue weighted by Gasteiger charge is 2.08. The Bertz CT molecular complexity index is 1100. The van der Waals surface area contributed by atoms with E-state index in [0.29, 0.717) is 0 Å². The highest BCUT2D eigenvalue weighted by atomic mass is 79.9. The minimum atomic E-state index is 0.823. The first kappa shape index (κ1) is 17.9. The summed E-state index contributed by atoms with van der Waals surface area (Å²) in [6.45, 7) is 6.39. The van der Waals surface area contributed by atoms with Crippen LogP contribution in [0.2, 0.25) is 0 Å². The van der Waals surface area contributed by atoms with Gasteiger partial charge in [-0.2, -0.15) is 0 Å². The van der Waals surface area contributed by atoms with E-state index in [9.17, 15) is 0 Å². The van der Waals surface area contributed by atoms with Crippen LogP contribution in [0, 0.1) is 20.8 Å². The number of anilines is 2. The first-order valence-electron chi connectivity index (χ1n) is 8.60. The highest BCUT2D eigenvalue weighted by molar-refractivity contribution is 9.10. The SMILES string of the molecule is Cc1cc(C)c(Nc2nc(-c3ccc(-n4cnc(Br)c4)cc3)cs2)cc1C. The average Bonchev–Trinajstić information content (AvgIpc) is 3.29. The first-order chi connectivity index (χ1) is 13.0. The summed E-state index contributed by atoms with van der Waals surface area (Å²) in [5.74, 6) is 0. The van der Waals surface area contributed by atoms with Crippen molar-refractivity contribution in [2.45, 2.75) is 20.8 Å². The summed E-state index contributed by atoms with van der Waals surface area (Å²) in [6.07, 6.45) is 3.72. The molecule has 4 nitrogen and oxygen atoms in total. The Morgan fingerprint density at radius 2 is 1.74 bits per heavy atom. The molecule has 0 saturated heterocycles. The third-order valence-corrected chi connectivity index (χ3v) is 5.77. The Labute approximate surface area is 171 Å². The maximum absolute atomic E-state index is 4.76. The summed E-state index contributed by atoms with van der Waals surface area (Å²) in [4.78, 5) is 8.95. The molecule has 0 amide bonds. The van der Waals surface area contributed by atoms with Crippen molar-refractivity contribution in [2.75, 3.05) is 5.32 Å². The van der Waals surface area contributed by atoms with Crippen molar-refractivity contribution in [3.63, 3.8) is 0 Å². The second-order valence-corrected chi connectivity index (χ2v) is 8.24. The molecule has 4 aromatic rings. The Morgan fingerprint density at radius 3 is 2.44 bits per heavy atom. The predicted molar refractivity (Wildman–Crippen MR) is 116 cm³/mol. The first-order valence-corrected chi connectivity index (χ1v) is 10.3. The fraction of sp³-hybridized carbons (Fsp3) is 0.143. The van der Waals surface area contributed by atoms with Crippen molar-refractivity contribution in [2.24, 2.45) is 0 Å². The van der Waals surface area contributed by atoms with Crippen LogP contribution in [0.5, 0.6) is 0 Å². The van der Waals surface area contributed by atoms with E-state index in [0.717, 1.165) is 32.4 Å². The predicted octanol–water partition coefficient (Wildman–Crippen LogP) is 6.43. The van der Waals surface area contributed by atoms with Crippen molar-refractivity contribution in [3.8, 4) is 16.9 Å².